The van der Waals surface area contributed by atoms with Crippen LogP contribution in [0.25, 0.3) is 11.1 Å². The van der Waals surface area contributed by atoms with Gasteiger partial charge in [-0.15, -0.1) is 0 Å². The van der Waals surface area contributed by atoms with Crippen molar-refractivity contribution >= 4 is 34.8 Å². The third-order valence-corrected chi connectivity index (χ3v) is 7.93. The number of aryl methyl sites for hydroxylation is 2. The highest BCUT2D eigenvalue weighted by Gasteiger charge is 2.26. The lowest BCUT2D eigenvalue weighted by atomic mass is 10.0. The van der Waals surface area contributed by atoms with Crippen LogP contribution in [-0.2, 0) is 29.7 Å². The minimum absolute atomic E-state index is 0.168. The third-order valence-electron chi connectivity index (χ3n) is 7.93. The molecule has 2 N–H and O–H groups in total. The van der Waals surface area contributed by atoms with Gasteiger partial charge in [-0.1, -0.05) is 18.2 Å². The molecule has 2 aromatic heterocycles. The predicted octanol–water partition coefficient (Wildman–Crippen LogP) is 5.65. The summed E-state index contributed by atoms with van der Waals surface area (Å²) in [7, 11) is 4.04. The van der Waals surface area contributed by atoms with Gasteiger partial charge in [0.25, 0.3) is 0 Å². The van der Waals surface area contributed by atoms with E-state index in [1.165, 1.54) is 11.1 Å². The molecule has 5 rings (SSSR count). The SMILES string of the molecule is CN1c2ccccc2N(CCCCC(=O)O)c2ccc(COC(=O)NCCCC[n+]3ccc(-c4cc[n+](C)cc4)cc3)cc21. The van der Waals surface area contributed by atoms with Crippen molar-refractivity contribution in [2.45, 2.75) is 45.3 Å². The molecule has 0 saturated heterocycles. The number of amides is 1. The average molecular weight is 596 g/mol. The number of para-hydroxylation sites is 2. The van der Waals surface area contributed by atoms with Gasteiger partial charge >= 0.3 is 12.1 Å². The van der Waals surface area contributed by atoms with Crippen LogP contribution in [0.1, 0.15) is 37.7 Å². The quantitative estimate of drug-likeness (QED) is 0.154. The summed E-state index contributed by atoms with van der Waals surface area (Å²) < 4.78 is 9.72. The molecule has 4 aromatic rings. The van der Waals surface area contributed by atoms with E-state index in [1.54, 1.807) is 0 Å². The van der Waals surface area contributed by atoms with Crippen LogP contribution in [0.2, 0.25) is 0 Å². The fourth-order valence-corrected chi connectivity index (χ4v) is 5.48. The van der Waals surface area contributed by atoms with Crippen LogP contribution in [0.15, 0.2) is 91.5 Å². The van der Waals surface area contributed by atoms with E-state index in [0.29, 0.717) is 13.0 Å². The zero-order valence-electron chi connectivity index (χ0n) is 25.5. The summed E-state index contributed by atoms with van der Waals surface area (Å²) in [6.07, 6.45) is 11.2. The Hall–Kier alpha value is -4.92. The number of nitrogens with one attached hydrogen (secondary N) is 1. The number of carboxylic acid groups (broad SMARTS) is 1. The number of carbonyl (C=O) groups is 2. The molecule has 0 aliphatic carbocycles. The van der Waals surface area contributed by atoms with Gasteiger partial charge in [-0.2, -0.15) is 0 Å². The molecule has 1 aliphatic rings. The number of unbranched alkanes of at least 4 members (excludes halogenated alkanes) is 2. The average Bonchev–Trinajstić information content (AvgIpc) is 3.04. The number of ether oxygens (including phenoxy) is 1. The molecular formula is C35H41N5O4+2. The Morgan fingerprint density at radius 2 is 1.50 bits per heavy atom. The summed E-state index contributed by atoms with van der Waals surface area (Å²) in [6, 6.07) is 22.8. The van der Waals surface area contributed by atoms with Crippen molar-refractivity contribution < 1.29 is 28.6 Å². The molecule has 2 aromatic carbocycles. The zero-order chi connectivity index (χ0) is 30.9. The fraction of sp³-hybridized carbons (Fsp3) is 0.314. The van der Waals surface area contributed by atoms with Crippen LogP contribution in [0, 0.1) is 0 Å². The Labute approximate surface area is 259 Å². The third kappa shape index (κ3) is 7.72. The van der Waals surface area contributed by atoms with Crippen molar-refractivity contribution in [3.05, 3.63) is 97.1 Å². The Bertz CT molecular complexity index is 1570. The number of aromatic nitrogens is 2. The molecule has 0 fully saturated rings. The van der Waals surface area contributed by atoms with Gasteiger partial charge in [0.1, 0.15) is 20.2 Å². The maximum Gasteiger partial charge on any atom is 0.407 e. The molecule has 0 radical (unpaired) electrons. The number of benzene rings is 2. The minimum Gasteiger partial charge on any atom is -0.481 e. The summed E-state index contributed by atoms with van der Waals surface area (Å²) in [5.74, 6) is -0.767. The number of hydrogen-bond donors (Lipinski definition) is 2. The van der Waals surface area contributed by atoms with Crippen LogP contribution >= 0.6 is 0 Å². The molecular weight excluding hydrogens is 554 g/mol. The fourth-order valence-electron chi connectivity index (χ4n) is 5.48. The number of anilines is 4. The zero-order valence-corrected chi connectivity index (χ0v) is 25.5. The first kappa shape index (κ1) is 30.5. The van der Waals surface area contributed by atoms with Crippen LogP contribution < -0.4 is 24.3 Å². The summed E-state index contributed by atoms with van der Waals surface area (Å²) >= 11 is 0. The van der Waals surface area contributed by atoms with E-state index < -0.39 is 12.1 Å². The van der Waals surface area contributed by atoms with Crippen molar-refractivity contribution in [3.63, 3.8) is 0 Å². The highest BCUT2D eigenvalue weighted by atomic mass is 16.5. The second-order valence-corrected chi connectivity index (χ2v) is 11.2. The first-order valence-electron chi connectivity index (χ1n) is 15.2. The number of rotatable bonds is 13. The normalized spacial score (nSPS) is 12.0. The van der Waals surface area contributed by atoms with Crippen molar-refractivity contribution in [2.24, 2.45) is 7.05 Å². The summed E-state index contributed by atoms with van der Waals surface area (Å²) in [5.41, 5.74) is 7.53. The van der Waals surface area contributed by atoms with Crippen LogP contribution in [0.3, 0.4) is 0 Å². The highest BCUT2D eigenvalue weighted by Crippen LogP contribution is 2.47. The number of fused-ring (bicyclic) bond motifs is 2. The van der Waals surface area contributed by atoms with Gasteiger partial charge in [0, 0.05) is 57.2 Å². The maximum atomic E-state index is 12.4. The number of carboxylic acids is 1. The molecule has 0 spiro atoms. The largest absolute Gasteiger partial charge is 0.481 e. The van der Waals surface area contributed by atoms with Crippen LogP contribution in [0.5, 0.6) is 0 Å². The van der Waals surface area contributed by atoms with Gasteiger partial charge in [-0.05, 0) is 60.2 Å². The second-order valence-electron chi connectivity index (χ2n) is 11.2. The smallest absolute Gasteiger partial charge is 0.407 e. The number of nitrogens with zero attached hydrogens (tertiary/aromatic N) is 4. The first-order valence-corrected chi connectivity index (χ1v) is 15.2. The summed E-state index contributed by atoms with van der Waals surface area (Å²) in [5, 5.41) is 11.9. The standard InChI is InChI=1S/C35H39N5O4/c1-37-21-14-28(15-22-37)29-16-23-39(24-17-29)19-8-6-18-36-35(43)44-26-27-12-13-32-33(25-27)38(2)30-9-3-4-10-31(30)40(32)20-7-5-11-34(41)42/h3-4,9-10,12-17,21-25H,5-8,11,18-20,26H2,1-2H3/p+2. The number of carbonyl (C=O) groups excluding carboxylic acids is 1. The second kappa shape index (κ2) is 14.5. The van der Waals surface area contributed by atoms with E-state index in [4.69, 9.17) is 9.84 Å². The molecule has 0 atom stereocenters. The molecule has 44 heavy (non-hydrogen) atoms. The highest BCUT2D eigenvalue weighted by molar-refractivity contribution is 5.93. The molecule has 1 amide bonds. The van der Waals surface area contributed by atoms with E-state index in [0.717, 1.165) is 60.7 Å². The molecule has 1 aliphatic heterocycles. The van der Waals surface area contributed by atoms with Crippen molar-refractivity contribution in [3.8, 4) is 11.1 Å². The molecule has 3 heterocycles. The Balaban J connectivity index is 1.08. The van der Waals surface area contributed by atoms with Gasteiger partial charge in [0.15, 0.2) is 24.8 Å². The molecule has 0 unspecified atom stereocenters. The first-order chi connectivity index (χ1) is 21.4. The van der Waals surface area contributed by atoms with Gasteiger partial charge in [0.05, 0.1) is 22.7 Å². The predicted molar refractivity (Wildman–Crippen MR) is 170 cm³/mol. The Morgan fingerprint density at radius 1 is 0.818 bits per heavy atom. The van der Waals surface area contributed by atoms with E-state index >= 15 is 0 Å². The number of alkyl carbamates (subject to hydrolysis) is 1. The van der Waals surface area contributed by atoms with Gasteiger partial charge in [-0.25, -0.2) is 13.9 Å². The van der Waals surface area contributed by atoms with Gasteiger partial charge in [-0.3, -0.25) is 4.79 Å². The maximum absolute atomic E-state index is 12.4. The lowest BCUT2D eigenvalue weighted by Gasteiger charge is -2.39. The molecule has 228 valence electrons. The van der Waals surface area contributed by atoms with Crippen molar-refractivity contribution in [1.29, 1.82) is 0 Å². The van der Waals surface area contributed by atoms with Crippen molar-refractivity contribution in [2.75, 3.05) is 29.9 Å². The van der Waals surface area contributed by atoms with Crippen LogP contribution in [-0.4, -0.2) is 37.3 Å². The van der Waals surface area contributed by atoms with Gasteiger partial charge in [0.2, 0.25) is 0 Å². The van der Waals surface area contributed by atoms with E-state index in [1.807, 2.05) is 49.3 Å². The monoisotopic (exact) mass is 595 g/mol. The van der Waals surface area contributed by atoms with E-state index in [2.05, 4.69) is 80.6 Å². The van der Waals surface area contributed by atoms with Crippen molar-refractivity contribution in [1.82, 2.24) is 5.32 Å². The summed E-state index contributed by atoms with van der Waals surface area (Å²) in [6.45, 7) is 2.33. The number of aliphatic carboxylic acids is 1. The molecule has 9 heteroatoms. The topological polar surface area (TPSA) is 89.9 Å². The Kier molecular flexibility index (Phi) is 10.1. The number of pyridine rings is 2. The van der Waals surface area contributed by atoms with Crippen LogP contribution in [0.4, 0.5) is 27.5 Å². The van der Waals surface area contributed by atoms with E-state index in [9.17, 15) is 9.59 Å². The lowest BCUT2D eigenvalue weighted by Crippen LogP contribution is -2.33. The van der Waals surface area contributed by atoms with Gasteiger partial charge < -0.3 is 25.0 Å². The van der Waals surface area contributed by atoms with E-state index in [-0.39, 0.29) is 13.0 Å². The minimum atomic E-state index is -0.767. The molecule has 9 nitrogen and oxygen atoms in total. The molecule has 0 bridgehead atoms. The summed E-state index contributed by atoms with van der Waals surface area (Å²) in [4.78, 5) is 27.8. The molecule has 0 saturated carbocycles. The lowest BCUT2D eigenvalue weighted by molar-refractivity contribution is -0.697. The number of hydrogen-bond acceptors (Lipinski definition) is 5. The Morgan fingerprint density at radius 3 is 2.23 bits per heavy atom.